The minimum atomic E-state index is -0.334. The lowest BCUT2D eigenvalue weighted by molar-refractivity contribution is -0.115. The van der Waals surface area contributed by atoms with Gasteiger partial charge in [0.15, 0.2) is 15.6 Å². The van der Waals surface area contributed by atoms with Crippen LogP contribution in [0, 0.1) is 0 Å². The molecule has 0 saturated heterocycles. The molecular formula is C20H19BrN4O3S. The zero-order chi connectivity index (χ0) is 20.4. The lowest BCUT2D eigenvalue weighted by atomic mass is 10.1. The molecule has 0 saturated carbocycles. The molecule has 1 aromatic carbocycles. The first kappa shape index (κ1) is 19.8. The van der Waals surface area contributed by atoms with Crippen LogP contribution in [0.1, 0.15) is 26.7 Å². The summed E-state index contributed by atoms with van der Waals surface area (Å²) in [7, 11) is 2.08. The van der Waals surface area contributed by atoms with Gasteiger partial charge in [-0.25, -0.2) is 4.98 Å². The molecule has 3 heterocycles. The number of thiazole rings is 1. The minimum Gasteiger partial charge on any atom is -0.444 e. The Balaban J connectivity index is 1.32. The molecule has 0 unspecified atom stereocenters. The van der Waals surface area contributed by atoms with Crippen LogP contribution in [0.4, 0.5) is 10.8 Å². The zero-order valence-electron chi connectivity index (χ0n) is 15.7. The van der Waals surface area contributed by atoms with Gasteiger partial charge in [-0.2, -0.15) is 0 Å². The number of furan rings is 1. The molecule has 0 aliphatic carbocycles. The van der Waals surface area contributed by atoms with E-state index < -0.39 is 0 Å². The molecule has 0 fully saturated rings. The molecule has 2 aromatic heterocycles. The molecule has 4 rings (SSSR count). The molecule has 0 bridgehead atoms. The van der Waals surface area contributed by atoms with Gasteiger partial charge in [-0.15, -0.1) is 11.3 Å². The van der Waals surface area contributed by atoms with Crippen LogP contribution in [-0.4, -0.2) is 35.3 Å². The maximum Gasteiger partial charge on any atom is 0.291 e. The molecule has 3 aromatic rings. The van der Waals surface area contributed by atoms with Crippen molar-refractivity contribution < 1.29 is 14.0 Å². The summed E-state index contributed by atoms with van der Waals surface area (Å²) in [4.78, 5) is 32.5. The molecule has 0 spiro atoms. The normalized spacial score (nSPS) is 13.7. The molecule has 29 heavy (non-hydrogen) atoms. The van der Waals surface area contributed by atoms with Gasteiger partial charge in [0.1, 0.15) is 0 Å². The highest BCUT2D eigenvalue weighted by molar-refractivity contribution is 9.10. The number of carbonyl (C=O) groups is 2. The Morgan fingerprint density at radius 2 is 2.00 bits per heavy atom. The number of nitrogens with one attached hydrogen (secondary N) is 2. The maximum atomic E-state index is 12.4. The summed E-state index contributed by atoms with van der Waals surface area (Å²) in [5, 5.41) is 6.31. The third kappa shape index (κ3) is 4.92. The van der Waals surface area contributed by atoms with Crippen molar-refractivity contribution in [1.29, 1.82) is 0 Å². The van der Waals surface area contributed by atoms with E-state index in [2.05, 4.69) is 43.5 Å². The van der Waals surface area contributed by atoms with E-state index >= 15 is 0 Å². The fourth-order valence-electron chi connectivity index (χ4n) is 3.06. The molecule has 7 nitrogen and oxygen atoms in total. The van der Waals surface area contributed by atoms with Crippen molar-refractivity contribution >= 4 is 49.9 Å². The van der Waals surface area contributed by atoms with Crippen LogP contribution in [0.5, 0.6) is 0 Å². The van der Waals surface area contributed by atoms with Crippen LogP contribution >= 0.6 is 27.3 Å². The van der Waals surface area contributed by atoms with E-state index in [1.807, 2.05) is 12.1 Å². The highest BCUT2D eigenvalue weighted by Crippen LogP contribution is 2.27. The zero-order valence-corrected chi connectivity index (χ0v) is 18.1. The van der Waals surface area contributed by atoms with Crippen molar-refractivity contribution in [3.05, 3.63) is 63.0 Å². The van der Waals surface area contributed by atoms with Gasteiger partial charge in [0.05, 0.1) is 12.1 Å². The van der Waals surface area contributed by atoms with E-state index in [1.165, 1.54) is 4.88 Å². The van der Waals surface area contributed by atoms with E-state index in [0.29, 0.717) is 15.5 Å². The number of halogens is 1. The predicted molar refractivity (Wildman–Crippen MR) is 115 cm³/mol. The Labute approximate surface area is 180 Å². The van der Waals surface area contributed by atoms with Crippen LogP contribution in [-0.2, 0) is 24.2 Å². The first-order valence-electron chi connectivity index (χ1n) is 9.09. The Morgan fingerprint density at radius 3 is 2.72 bits per heavy atom. The highest BCUT2D eigenvalue weighted by Gasteiger charge is 2.19. The van der Waals surface area contributed by atoms with E-state index in [9.17, 15) is 9.59 Å². The molecule has 1 aliphatic heterocycles. The van der Waals surface area contributed by atoms with Crippen LogP contribution in [0.25, 0.3) is 0 Å². The van der Waals surface area contributed by atoms with Crippen molar-refractivity contribution in [3.8, 4) is 0 Å². The summed E-state index contributed by atoms with van der Waals surface area (Å²) in [5.74, 6) is -0.223. The number of likely N-dealkylation sites (N-methyl/N-ethyl adjacent to an activating group) is 1. The van der Waals surface area contributed by atoms with Gasteiger partial charge in [0, 0.05) is 30.1 Å². The van der Waals surface area contributed by atoms with Crippen LogP contribution < -0.4 is 10.6 Å². The smallest absolute Gasteiger partial charge is 0.291 e. The number of benzene rings is 1. The Kier molecular flexibility index (Phi) is 5.79. The van der Waals surface area contributed by atoms with Crippen LogP contribution in [0.2, 0.25) is 0 Å². The molecule has 9 heteroatoms. The first-order valence-corrected chi connectivity index (χ1v) is 10.7. The summed E-state index contributed by atoms with van der Waals surface area (Å²) >= 11 is 4.71. The third-order valence-electron chi connectivity index (χ3n) is 4.54. The largest absolute Gasteiger partial charge is 0.444 e. The third-order valence-corrected chi connectivity index (χ3v) is 5.97. The molecule has 0 atom stereocenters. The predicted octanol–water partition coefficient (Wildman–Crippen LogP) is 3.92. The van der Waals surface area contributed by atoms with Crippen LogP contribution in [0.15, 0.2) is 45.5 Å². The number of hydrogen-bond acceptors (Lipinski definition) is 6. The van der Waals surface area contributed by atoms with Gasteiger partial charge in [-0.1, -0.05) is 12.1 Å². The number of aromatic nitrogens is 1. The number of anilines is 2. The fraction of sp³-hybridized carbons (Fsp3) is 0.250. The summed E-state index contributed by atoms with van der Waals surface area (Å²) in [5.41, 5.74) is 2.57. The van der Waals surface area contributed by atoms with Crippen molar-refractivity contribution in [3.63, 3.8) is 0 Å². The van der Waals surface area contributed by atoms with E-state index in [4.69, 9.17) is 4.42 Å². The second kappa shape index (κ2) is 8.48. The van der Waals surface area contributed by atoms with E-state index in [1.54, 1.807) is 35.6 Å². The van der Waals surface area contributed by atoms with Gasteiger partial charge >= 0.3 is 0 Å². The van der Waals surface area contributed by atoms with Crippen molar-refractivity contribution in [1.82, 2.24) is 9.88 Å². The van der Waals surface area contributed by atoms with Crippen molar-refractivity contribution in [2.45, 2.75) is 19.4 Å². The molecule has 2 N–H and O–H groups in total. The van der Waals surface area contributed by atoms with Crippen LogP contribution in [0.3, 0.4) is 0 Å². The minimum absolute atomic E-state index is 0.110. The maximum absolute atomic E-state index is 12.4. The molecule has 1 aliphatic rings. The molecule has 0 radical (unpaired) electrons. The topological polar surface area (TPSA) is 87.5 Å². The Morgan fingerprint density at radius 1 is 1.21 bits per heavy atom. The van der Waals surface area contributed by atoms with E-state index in [-0.39, 0.29) is 24.0 Å². The molecule has 150 valence electrons. The first-order chi connectivity index (χ1) is 14.0. The highest BCUT2D eigenvalue weighted by atomic mass is 79.9. The summed E-state index contributed by atoms with van der Waals surface area (Å²) in [6.45, 7) is 1.87. The van der Waals surface area contributed by atoms with Gasteiger partial charge in [0.25, 0.3) is 5.91 Å². The lowest BCUT2D eigenvalue weighted by Crippen LogP contribution is -2.25. The van der Waals surface area contributed by atoms with Gasteiger partial charge in [-0.05, 0) is 52.8 Å². The van der Waals surface area contributed by atoms with Crippen molar-refractivity contribution in [2.24, 2.45) is 0 Å². The van der Waals surface area contributed by atoms with Gasteiger partial charge < -0.3 is 20.0 Å². The molecular weight excluding hydrogens is 456 g/mol. The standard InChI is InChI=1S/C20H19BrN4O3S/c1-25-9-8-14-16(11-25)29-20(23-14)24-18(26)10-12-2-4-13(5-3-12)22-19(27)15-6-7-17(21)28-15/h2-7H,8-11H2,1H3,(H,22,27)(H,23,24,26). The second-order valence-electron chi connectivity index (χ2n) is 6.86. The summed E-state index contributed by atoms with van der Waals surface area (Å²) in [6, 6.07) is 10.4. The number of amides is 2. The number of fused-ring (bicyclic) bond motifs is 1. The second-order valence-corrected chi connectivity index (χ2v) is 8.72. The monoisotopic (exact) mass is 474 g/mol. The summed E-state index contributed by atoms with van der Waals surface area (Å²) < 4.78 is 5.73. The average Bonchev–Trinajstić information content (AvgIpc) is 3.28. The quantitative estimate of drug-likeness (QED) is 0.584. The lowest BCUT2D eigenvalue weighted by Gasteiger charge is -2.20. The fourth-order valence-corrected chi connectivity index (χ4v) is 4.47. The van der Waals surface area contributed by atoms with Gasteiger partial charge in [0.2, 0.25) is 5.91 Å². The number of rotatable bonds is 5. The SMILES string of the molecule is CN1CCc2nc(NC(=O)Cc3ccc(NC(=O)c4ccc(Br)o4)cc3)sc2C1. The Hall–Kier alpha value is -2.49. The summed E-state index contributed by atoms with van der Waals surface area (Å²) in [6.07, 6.45) is 1.16. The average molecular weight is 475 g/mol. The number of hydrogen-bond donors (Lipinski definition) is 2. The Bertz CT molecular complexity index is 1040. The number of nitrogens with zero attached hydrogens (tertiary/aromatic N) is 2. The van der Waals surface area contributed by atoms with Gasteiger partial charge in [-0.3, -0.25) is 9.59 Å². The number of carbonyl (C=O) groups excluding carboxylic acids is 2. The van der Waals surface area contributed by atoms with Crippen molar-refractivity contribution in [2.75, 3.05) is 24.2 Å². The van der Waals surface area contributed by atoms with E-state index in [0.717, 1.165) is 30.8 Å². The molecule has 2 amide bonds.